The lowest BCUT2D eigenvalue weighted by molar-refractivity contribution is -0.131. The van der Waals surface area contributed by atoms with Gasteiger partial charge in [0.15, 0.2) is 0 Å². The number of rotatable bonds is 4. The highest BCUT2D eigenvalue weighted by atomic mass is 19.1. The number of carboxylic acid groups (broad SMARTS) is 1. The number of aliphatic carboxylic acids is 1. The Hall–Kier alpha value is -1.84. The van der Waals surface area contributed by atoms with E-state index in [4.69, 9.17) is 5.11 Å². The average Bonchev–Trinajstić information content (AvgIpc) is 2.44. The van der Waals surface area contributed by atoms with Crippen LogP contribution in [0.1, 0.15) is 38.2 Å². The zero-order valence-electron chi connectivity index (χ0n) is 11.7. The zero-order valence-corrected chi connectivity index (χ0v) is 11.7. The van der Waals surface area contributed by atoms with Gasteiger partial charge in [-0.1, -0.05) is 6.92 Å². The van der Waals surface area contributed by atoms with Crippen molar-refractivity contribution in [2.45, 2.75) is 38.6 Å². The van der Waals surface area contributed by atoms with E-state index in [1.54, 1.807) is 0 Å². The van der Waals surface area contributed by atoms with Gasteiger partial charge in [0.25, 0.3) is 0 Å². The van der Waals surface area contributed by atoms with Crippen LogP contribution in [-0.2, 0) is 4.79 Å². The number of hydrogen-bond acceptors (Lipinski definition) is 2. The normalized spacial score (nSPS) is 19.5. The standard InChI is InChI=1S/C16H20FNO2/c1-2-14-5-3-4-8-18(14)15-10-12(6-7-16(19)20)9-13(17)11-15/h6-7,9-11,14H,2-5,8H2,1H3,(H,19,20)/b7-6+. The highest BCUT2D eigenvalue weighted by Gasteiger charge is 2.21. The summed E-state index contributed by atoms with van der Waals surface area (Å²) >= 11 is 0. The van der Waals surface area contributed by atoms with Crippen LogP contribution < -0.4 is 4.90 Å². The van der Waals surface area contributed by atoms with Crippen molar-refractivity contribution in [1.82, 2.24) is 0 Å². The van der Waals surface area contributed by atoms with Gasteiger partial charge in [0, 0.05) is 24.4 Å². The third kappa shape index (κ3) is 3.59. The molecule has 0 saturated carbocycles. The predicted molar refractivity (Wildman–Crippen MR) is 78.3 cm³/mol. The van der Waals surface area contributed by atoms with Crippen molar-refractivity contribution in [2.75, 3.05) is 11.4 Å². The zero-order chi connectivity index (χ0) is 14.5. The van der Waals surface area contributed by atoms with Gasteiger partial charge in [0.1, 0.15) is 5.82 Å². The second-order valence-corrected chi connectivity index (χ2v) is 5.17. The van der Waals surface area contributed by atoms with Crippen molar-refractivity contribution in [3.8, 4) is 0 Å². The molecule has 0 spiro atoms. The Morgan fingerprint density at radius 1 is 1.45 bits per heavy atom. The molecular weight excluding hydrogens is 257 g/mol. The third-order valence-corrected chi connectivity index (χ3v) is 3.75. The Balaban J connectivity index is 2.28. The van der Waals surface area contributed by atoms with Gasteiger partial charge in [0.05, 0.1) is 0 Å². The summed E-state index contributed by atoms with van der Waals surface area (Å²) in [6, 6.07) is 5.19. The molecule has 1 unspecified atom stereocenters. The van der Waals surface area contributed by atoms with Gasteiger partial charge in [0.2, 0.25) is 0 Å². The molecule has 108 valence electrons. The predicted octanol–water partition coefficient (Wildman–Crippen LogP) is 3.69. The van der Waals surface area contributed by atoms with Crippen molar-refractivity contribution in [2.24, 2.45) is 0 Å². The summed E-state index contributed by atoms with van der Waals surface area (Å²) in [6.07, 6.45) is 6.97. The number of carbonyl (C=O) groups is 1. The van der Waals surface area contributed by atoms with Crippen LogP contribution in [0.15, 0.2) is 24.3 Å². The molecule has 1 aromatic carbocycles. The molecule has 2 rings (SSSR count). The van der Waals surface area contributed by atoms with E-state index >= 15 is 0 Å². The molecular formula is C16H20FNO2. The van der Waals surface area contributed by atoms with E-state index in [1.807, 2.05) is 6.07 Å². The van der Waals surface area contributed by atoms with E-state index < -0.39 is 5.97 Å². The minimum atomic E-state index is -1.03. The molecule has 0 amide bonds. The number of hydrogen-bond donors (Lipinski definition) is 1. The minimum Gasteiger partial charge on any atom is -0.478 e. The SMILES string of the molecule is CCC1CCCCN1c1cc(F)cc(/C=C/C(=O)O)c1. The number of benzene rings is 1. The summed E-state index contributed by atoms with van der Waals surface area (Å²) in [4.78, 5) is 12.8. The first-order valence-corrected chi connectivity index (χ1v) is 7.08. The smallest absolute Gasteiger partial charge is 0.328 e. The van der Waals surface area contributed by atoms with E-state index in [9.17, 15) is 9.18 Å². The molecule has 1 heterocycles. The lowest BCUT2D eigenvalue weighted by atomic mass is 9.98. The van der Waals surface area contributed by atoms with Gasteiger partial charge in [-0.2, -0.15) is 0 Å². The quantitative estimate of drug-likeness (QED) is 0.853. The van der Waals surface area contributed by atoms with E-state index in [0.717, 1.165) is 37.6 Å². The van der Waals surface area contributed by atoms with Crippen molar-refractivity contribution < 1.29 is 14.3 Å². The summed E-state index contributed by atoms with van der Waals surface area (Å²) in [5.74, 6) is -1.35. The van der Waals surface area contributed by atoms with Crippen LogP contribution in [0.25, 0.3) is 6.08 Å². The highest BCUT2D eigenvalue weighted by molar-refractivity contribution is 5.85. The molecule has 20 heavy (non-hydrogen) atoms. The Bertz CT molecular complexity index is 513. The van der Waals surface area contributed by atoms with Crippen LogP contribution in [0, 0.1) is 5.82 Å². The molecule has 0 aromatic heterocycles. The van der Waals surface area contributed by atoms with E-state index in [-0.39, 0.29) is 5.82 Å². The number of anilines is 1. The molecule has 3 nitrogen and oxygen atoms in total. The summed E-state index contributed by atoms with van der Waals surface area (Å²) < 4.78 is 13.7. The van der Waals surface area contributed by atoms with Crippen LogP contribution in [0.3, 0.4) is 0 Å². The molecule has 1 atom stereocenters. The van der Waals surface area contributed by atoms with E-state index in [1.165, 1.54) is 24.6 Å². The maximum Gasteiger partial charge on any atom is 0.328 e. The maximum atomic E-state index is 13.7. The molecule has 4 heteroatoms. The van der Waals surface area contributed by atoms with Crippen molar-refractivity contribution in [3.05, 3.63) is 35.7 Å². The summed E-state index contributed by atoms with van der Waals surface area (Å²) in [5, 5.41) is 8.65. The van der Waals surface area contributed by atoms with Crippen LogP contribution in [0.2, 0.25) is 0 Å². The molecule has 1 fully saturated rings. The Labute approximate surface area is 118 Å². The average molecular weight is 277 g/mol. The number of piperidine rings is 1. The monoisotopic (exact) mass is 277 g/mol. The van der Waals surface area contributed by atoms with Gasteiger partial charge in [-0.3, -0.25) is 0 Å². The molecule has 0 aliphatic carbocycles. The van der Waals surface area contributed by atoms with Crippen molar-refractivity contribution in [3.63, 3.8) is 0 Å². The van der Waals surface area contributed by atoms with Crippen LogP contribution in [0.5, 0.6) is 0 Å². The Kier molecular flexibility index (Phi) is 4.77. The first kappa shape index (κ1) is 14.6. The second-order valence-electron chi connectivity index (χ2n) is 5.17. The minimum absolute atomic E-state index is 0.326. The molecule has 0 bridgehead atoms. The topological polar surface area (TPSA) is 40.5 Å². The van der Waals surface area contributed by atoms with Gasteiger partial charge < -0.3 is 10.0 Å². The van der Waals surface area contributed by atoms with Crippen molar-refractivity contribution in [1.29, 1.82) is 0 Å². The number of carboxylic acids is 1. The van der Waals surface area contributed by atoms with Crippen LogP contribution in [0.4, 0.5) is 10.1 Å². The molecule has 1 N–H and O–H groups in total. The third-order valence-electron chi connectivity index (χ3n) is 3.75. The number of halogens is 1. The molecule has 1 aromatic rings. The Morgan fingerprint density at radius 2 is 2.25 bits per heavy atom. The van der Waals surface area contributed by atoms with Gasteiger partial charge in [-0.25, -0.2) is 9.18 Å². The fourth-order valence-electron chi connectivity index (χ4n) is 2.79. The van der Waals surface area contributed by atoms with Crippen LogP contribution in [-0.4, -0.2) is 23.7 Å². The lowest BCUT2D eigenvalue weighted by Gasteiger charge is -2.37. The van der Waals surface area contributed by atoms with E-state index in [2.05, 4.69) is 11.8 Å². The first-order valence-electron chi connectivity index (χ1n) is 7.08. The fourth-order valence-corrected chi connectivity index (χ4v) is 2.79. The summed E-state index contributed by atoms with van der Waals surface area (Å²) in [5.41, 5.74) is 1.43. The molecule has 1 aliphatic heterocycles. The lowest BCUT2D eigenvalue weighted by Crippen LogP contribution is -2.39. The summed E-state index contributed by atoms with van der Waals surface area (Å²) in [6.45, 7) is 3.08. The van der Waals surface area contributed by atoms with E-state index in [0.29, 0.717) is 11.6 Å². The molecule has 1 aliphatic rings. The first-order chi connectivity index (χ1) is 9.60. The summed E-state index contributed by atoms with van der Waals surface area (Å²) in [7, 11) is 0. The largest absolute Gasteiger partial charge is 0.478 e. The molecule has 0 radical (unpaired) electrons. The Morgan fingerprint density at radius 3 is 2.95 bits per heavy atom. The maximum absolute atomic E-state index is 13.7. The fraction of sp³-hybridized carbons (Fsp3) is 0.438. The van der Waals surface area contributed by atoms with Gasteiger partial charge in [-0.15, -0.1) is 0 Å². The van der Waals surface area contributed by atoms with Crippen molar-refractivity contribution >= 4 is 17.7 Å². The highest BCUT2D eigenvalue weighted by Crippen LogP contribution is 2.28. The van der Waals surface area contributed by atoms with Crippen LogP contribution >= 0.6 is 0 Å². The second kappa shape index (κ2) is 6.55. The number of nitrogens with zero attached hydrogens (tertiary/aromatic N) is 1. The van der Waals surface area contributed by atoms with Gasteiger partial charge >= 0.3 is 5.97 Å². The van der Waals surface area contributed by atoms with Gasteiger partial charge in [-0.05, 0) is 55.5 Å². The molecule has 1 saturated heterocycles.